The molecule has 1 aromatic heterocycles. The molecule has 3 atom stereocenters. The number of amides is 1. The number of aliphatic hydroxyl groups excluding tert-OH is 1. The molecule has 0 fully saturated rings. The van der Waals surface area contributed by atoms with E-state index in [1.54, 1.807) is 69.3 Å². The first-order chi connectivity index (χ1) is 16.0. The van der Waals surface area contributed by atoms with Gasteiger partial charge < -0.3 is 15.2 Å². The van der Waals surface area contributed by atoms with Crippen LogP contribution in [-0.2, 0) is 4.74 Å². The molecular weight excluding hydrogens is 480 g/mol. The minimum atomic E-state index is -1.35. The molecule has 180 valence electrons. The molecular formula is C25H26Cl2FN3O3. The summed E-state index contributed by atoms with van der Waals surface area (Å²) >= 11 is 11.9. The topological polar surface area (TPSA) is 83.5 Å². The van der Waals surface area contributed by atoms with Gasteiger partial charge in [-0.25, -0.2) is 9.18 Å². The van der Waals surface area contributed by atoms with Crippen molar-refractivity contribution >= 4 is 29.3 Å². The normalized spacial score (nSPS) is 14.2. The van der Waals surface area contributed by atoms with Gasteiger partial charge in [0.25, 0.3) is 0 Å². The van der Waals surface area contributed by atoms with Gasteiger partial charge in [0.1, 0.15) is 17.6 Å². The van der Waals surface area contributed by atoms with Crippen LogP contribution in [0.4, 0.5) is 9.18 Å². The fraction of sp³-hybridized carbons (Fsp3) is 0.280. The minimum absolute atomic E-state index is 0.0230. The average Bonchev–Trinajstić information content (AvgIpc) is 2.76. The van der Waals surface area contributed by atoms with Crippen molar-refractivity contribution < 1.29 is 19.0 Å². The number of aromatic nitrogens is 1. The number of aliphatic hydroxyl groups is 1. The Labute approximate surface area is 208 Å². The molecule has 3 N–H and O–H groups in total. The largest absolute Gasteiger partial charge is 0.444 e. The van der Waals surface area contributed by atoms with Crippen LogP contribution in [0.15, 0.2) is 66.9 Å². The van der Waals surface area contributed by atoms with Crippen molar-refractivity contribution in [2.75, 3.05) is 0 Å². The molecule has 9 heteroatoms. The zero-order chi connectivity index (χ0) is 24.9. The molecule has 0 saturated carbocycles. The van der Waals surface area contributed by atoms with Gasteiger partial charge in [0.2, 0.25) is 0 Å². The summed E-state index contributed by atoms with van der Waals surface area (Å²) < 4.78 is 20.2. The van der Waals surface area contributed by atoms with Crippen molar-refractivity contribution in [3.05, 3.63) is 99.5 Å². The molecule has 0 spiro atoms. The number of nitrogens with zero attached hydrogens (tertiary/aromatic N) is 1. The monoisotopic (exact) mass is 505 g/mol. The lowest BCUT2D eigenvalue weighted by Gasteiger charge is -2.30. The molecule has 0 aliphatic carbocycles. The summed E-state index contributed by atoms with van der Waals surface area (Å²) in [5.41, 5.74) is 0.509. The number of carbonyl (C=O) groups excluding carboxylic acids is 1. The third kappa shape index (κ3) is 7.14. The van der Waals surface area contributed by atoms with Gasteiger partial charge in [-0.2, -0.15) is 0 Å². The maximum absolute atomic E-state index is 14.9. The van der Waals surface area contributed by atoms with Crippen LogP contribution in [0.5, 0.6) is 0 Å². The summed E-state index contributed by atoms with van der Waals surface area (Å²) in [4.78, 5) is 16.7. The Bertz CT molecular complexity index is 1110. The van der Waals surface area contributed by atoms with E-state index >= 15 is 0 Å². The van der Waals surface area contributed by atoms with Gasteiger partial charge in [-0.05, 0) is 50.1 Å². The van der Waals surface area contributed by atoms with Crippen molar-refractivity contribution in [2.45, 2.75) is 44.7 Å². The lowest BCUT2D eigenvalue weighted by Crippen LogP contribution is -2.46. The van der Waals surface area contributed by atoms with Crippen molar-refractivity contribution in [3.63, 3.8) is 0 Å². The number of rotatable bonds is 7. The molecule has 0 aliphatic rings. The highest BCUT2D eigenvalue weighted by molar-refractivity contribution is 6.30. The minimum Gasteiger partial charge on any atom is -0.444 e. The Morgan fingerprint density at radius 2 is 1.68 bits per heavy atom. The second-order valence-electron chi connectivity index (χ2n) is 8.65. The average molecular weight is 506 g/mol. The lowest BCUT2D eigenvalue weighted by atomic mass is 10.00. The molecule has 0 saturated heterocycles. The van der Waals surface area contributed by atoms with Gasteiger partial charge in [-0.15, -0.1) is 0 Å². The van der Waals surface area contributed by atoms with Gasteiger partial charge in [0, 0.05) is 11.2 Å². The maximum Gasteiger partial charge on any atom is 0.408 e. The van der Waals surface area contributed by atoms with Crippen LogP contribution in [0, 0.1) is 5.82 Å². The van der Waals surface area contributed by atoms with Gasteiger partial charge in [-0.1, -0.05) is 65.7 Å². The van der Waals surface area contributed by atoms with E-state index in [1.165, 1.54) is 6.20 Å². The summed E-state index contributed by atoms with van der Waals surface area (Å²) in [6.07, 6.45) is -0.738. The first-order valence-electron chi connectivity index (χ1n) is 10.6. The molecule has 2 unspecified atom stereocenters. The Kier molecular flexibility index (Phi) is 8.49. The van der Waals surface area contributed by atoms with Crippen LogP contribution >= 0.6 is 23.2 Å². The van der Waals surface area contributed by atoms with E-state index < -0.39 is 35.8 Å². The van der Waals surface area contributed by atoms with Gasteiger partial charge in [-0.3, -0.25) is 10.3 Å². The molecule has 2 aromatic carbocycles. The lowest BCUT2D eigenvalue weighted by molar-refractivity contribution is 0.0357. The molecule has 6 nitrogen and oxygen atoms in total. The predicted molar refractivity (Wildman–Crippen MR) is 130 cm³/mol. The van der Waals surface area contributed by atoms with Gasteiger partial charge >= 0.3 is 6.09 Å². The summed E-state index contributed by atoms with van der Waals surface area (Å²) in [6.45, 7) is 5.22. The summed E-state index contributed by atoms with van der Waals surface area (Å²) in [5.74, 6) is -0.650. The fourth-order valence-electron chi connectivity index (χ4n) is 3.33. The highest BCUT2D eigenvalue weighted by Gasteiger charge is 2.30. The van der Waals surface area contributed by atoms with Crippen molar-refractivity contribution in [3.8, 4) is 0 Å². The maximum atomic E-state index is 14.9. The number of hydrogen-bond donors (Lipinski definition) is 3. The Morgan fingerprint density at radius 3 is 2.26 bits per heavy atom. The number of nitrogens with one attached hydrogen (secondary N) is 2. The molecule has 1 amide bonds. The highest BCUT2D eigenvalue weighted by Crippen LogP contribution is 2.28. The van der Waals surface area contributed by atoms with Gasteiger partial charge in [0.15, 0.2) is 0 Å². The van der Waals surface area contributed by atoms with Crippen LogP contribution in [0.3, 0.4) is 0 Å². The van der Waals surface area contributed by atoms with Crippen LogP contribution in [0.2, 0.25) is 10.0 Å². The number of alkyl carbamates (subject to hydrolysis) is 1. The molecule has 34 heavy (non-hydrogen) atoms. The molecule has 3 rings (SSSR count). The second kappa shape index (κ2) is 11.1. The van der Waals surface area contributed by atoms with Crippen LogP contribution in [0.1, 0.15) is 49.7 Å². The van der Waals surface area contributed by atoms with Crippen molar-refractivity contribution in [1.29, 1.82) is 0 Å². The Morgan fingerprint density at radius 1 is 1.03 bits per heavy atom. The van der Waals surface area contributed by atoms with E-state index in [9.17, 15) is 14.3 Å². The molecule has 1 heterocycles. The highest BCUT2D eigenvalue weighted by atomic mass is 35.5. The predicted octanol–water partition coefficient (Wildman–Crippen LogP) is 5.79. The summed E-state index contributed by atoms with van der Waals surface area (Å²) in [6, 6.07) is 14.9. The van der Waals surface area contributed by atoms with E-state index in [0.717, 1.165) is 6.07 Å². The Balaban J connectivity index is 1.96. The first-order valence-corrected chi connectivity index (χ1v) is 11.3. The summed E-state index contributed by atoms with van der Waals surface area (Å²) in [5, 5.41) is 17.6. The number of halogens is 3. The summed E-state index contributed by atoms with van der Waals surface area (Å²) in [7, 11) is 0. The molecule has 3 aromatic rings. The zero-order valence-corrected chi connectivity index (χ0v) is 20.4. The van der Waals surface area contributed by atoms with Gasteiger partial charge in [0.05, 0.1) is 22.8 Å². The van der Waals surface area contributed by atoms with Crippen LogP contribution in [0.25, 0.3) is 0 Å². The number of pyridine rings is 1. The molecule has 0 radical (unpaired) electrons. The van der Waals surface area contributed by atoms with Crippen molar-refractivity contribution in [1.82, 2.24) is 15.6 Å². The quantitative estimate of drug-likeness (QED) is 0.354. The SMILES string of the molecule is CC(C)(C)OC(=O)NC(c1ccccc1)C(O)N[C@@H](c1ccc(Cl)cc1)c1ncc(Cl)cc1F. The van der Waals surface area contributed by atoms with E-state index in [2.05, 4.69) is 15.6 Å². The van der Waals surface area contributed by atoms with E-state index in [0.29, 0.717) is 16.1 Å². The first kappa shape index (κ1) is 25.9. The molecule has 0 aliphatic heterocycles. The van der Waals surface area contributed by atoms with E-state index in [-0.39, 0.29) is 10.7 Å². The fourth-order valence-corrected chi connectivity index (χ4v) is 3.60. The number of ether oxygens (including phenoxy) is 1. The van der Waals surface area contributed by atoms with E-state index in [4.69, 9.17) is 27.9 Å². The van der Waals surface area contributed by atoms with Crippen molar-refractivity contribution in [2.24, 2.45) is 0 Å². The number of carbonyl (C=O) groups is 1. The molecule has 0 bridgehead atoms. The number of hydrogen-bond acceptors (Lipinski definition) is 5. The van der Waals surface area contributed by atoms with Crippen LogP contribution in [-0.4, -0.2) is 28.0 Å². The van der Waals surface area contributed by atoms with Crippen LogP contribution < -0.4 is 10.6 Å². The zero-order valence-electron chi connectivity index (χ0n) is 18.9. The third-order valence-electron chi connectivity index (χ3n) is 4.80. The Hall–Kier alpha value is -2.71. The number of benzene rings is 2. The third-order valence-corrected chi connectivity index (χ3v) is 5.26. The smallest absolute Gasteiger partial charge is 0.408 e. The standard InChI is InChI=1S/C25H26Cl2FN3O3/c1-25(2,3)34-24(33)31-21(15-7-5-4-6-8-15)23(32)30-20(16-9-11-17(26)12-10-16)22-19(28)13-18(27)14-29-22/h4-14,20-21,23,30,32H,1-3H3,(H,31,33)/t20-,21?,23?/m0/s1. The second-order valence-corrected chi connectivity index (χ2v) is 9.52. The van der Waals surface area contributed by atoms with E-state index in [1.807, 2.05) is 6.07 Å².